The van der Waals surface area contributed by atoms with Crippen LogP contribution in [0.15, 0.2) is 42.5 Å². The van der Waals surface area contributed by atoms with Crippen molar-refractivity contribution in [3.8, 4) is 0 Å². The van der Waals surface area contributed by atoms with Crippen LogP contribution in [-0.4, -0.2) is 26.2 Å². The second-order valence-electron chi connectivity index (χ2n) is 8.14. The van der Waals surface area contributed by atoms with E-state index in [1.54, 1.807) is 0 Å². The Morgan fingerprint density at radius 2 is 1.90 bits per heavy atom. The maximum Gasteiger partial charge on any atom is 0.251 e. The van der Waals surface area contributed by atoms with Crippen LogP contribution in [-0.2, 0) is 13.0 Å². The van der Waals surface area contributed by atoms with Crippen LogP contribution < -0.4 is 11.1 Å². The number of para-hydroxylation sites is 1. The highest BCUT2D eigenvalue weighted by atomic mass is 19.2. The lowest BCUT2D eigenvalue weighted by Gasteiger charge is -2.27. The monoisotopic (exact) mass is 423 g/mol. The van der Waals surface area contributed by atoms with Gasteiger partial charge >= 0.3 is 0 Å². The number of nitrogens with zero attached hydrogens (tertiary/aromatic N) is 3. The second-order valence-corrected chi connectivity index (χ2v) is 8.14. The van der Waals surface area contributed by atoms with Crippen molar-refractivity contribution in [1.29, 1.82) is 0 Å². The number of halogens is 2. The van der Waals surface area contributed by atoms with Crippen LogP contribution >= 0.6 is 0 Å². The topological polar surface area (TPSA) is 85.8 Å². The Bertz CT molecular complexity index is 1310. The van der Waals surface area contributed by atoms with Crippen LogP contribution in [0, 0.1) is 11.6 Å². The summed E-state index contributed by atoms with van der Waals surface area (Å²) in [5.74, 6) is -2.19. The predicted octanol–water partition coefficient (Wildman–Crippen LogP) is 4.22. The van der Waals surface area contributed by atoms with Gasteiger partial charge in [-0.3, -0.25) is 9.48 Å². The predicted molar refractivity (Wildman–Crippen MR) is 117 cm³/mol. The number of aromatic nitrogens is 3. The summed E-state index contributed by atoms with van der Waals surface area (Å²) in [5, 5.41) is 9.41. The number of aryl methyl sites for hydroxylation is 1. The molecule has 0 saturated carbocycles. The van der Waals surface area contributed by atoms with E-state index in [2.05, 4.69) is 15.4 Å². The van der Waals surface area contributed by atoms with E-state index < -0.39 is 23.1 Å². The largest absolute Gasteiger partial charge is 0.382 e. The number of hydrogen-bond acceptors (Lipinski definition) is 4. The number of carbonyl (C=O) groups excluding carboxylic acids is 1. The number of amides is 1. The van der Waals surface area contributed by atoms with Crippen molar-refractivity contribution in [2.75, 3.05) is 5.73 Å². The van der Waals surface area contributed by atoms with Crippen molar-refractivity contribution in [3.05, 3.63) is 65.4 Å². The molecule has 1 amide bonds. The average Bonchev–Trinajstić information content (AvgIpc) is 3.08. The van der Waals surface area contributed by atoms with Gasteiger partial charge < -0.3 is 11.1 Å². The molecule has 0 saturated heterocycles. The SMILES string of the molecule is CCn1nc2c(N)nc3ccccc3c2c1CC(C)(C)NC(=O)c1ccc(F)c(F)c1. The van der Waals surface area contributed by atoms with Crippen LogP contribution in [0.1, 0.15) is 36.8 Å². The van der Waals surface area contributed by atoms with Crippen molar-refractivity contribution < 1.29 is 13.6 Å². The lowest BCUT2D eigenvalue weighted by molar-refractivity contribution is 0.0911. The van der Waals surface area contributed by atoms with Crippen LogP contribution in [0.4, 0.5) is 14.6 Å². The zero-order chi connectivity index (χ0) is 22.3. The summed E-state index contributed by atoms with van der Waals surface area (Å²) in [6, 6.07) is 10.8. The fourth-order valence-corrected chi connectivity index (χ4v) is 3.85. The molecule has 0 radical (unpaired) electrons. The Morgan fingerprint density at radius 3 is 2.61 bits per heavy atom. The Kier molecular flexibility index (Phi) is 5.08. The van der Waals surface area contributed by atoms with E-state index in [9.17, 15) is 13.6 Å². The minimum atomic E-state index is -1.06. The van der Waals surface area contributed by atoms with Crippen LogP contribution in [0.25, 0.3) is 21.8 Å². The number of nitrogens with one attached hydrogen (secondary N) is 1. The van der Waals surface area contributed by atoms with E-state index in [0.717, 1.165) is 34.1 Å². The lowest BCUT2D eigenvalue weighted by atomic mass is 9.94. The normalized spacial score (nSPS) is 11.9. The first-order valence-corrected chi connectivity index (χ1v) is 10.0. The van der Waals surface area contributed by atoms with Crippen molar-refractivity contribution in [2.45, 2.75) is 39.3 Å². The smallest absolute Gasteiger partial charge is 0.251 e. The van der Waals surface area contributed by atoms with Gasteiger partial charge in [-0.1, -0.05) is 18.2 Å². The van der Waals surface area contributed by atoms with Crippen molar-refractivity contribution in [1.82, 2.24) is 20.1 Å². The summed E-state index contributed by atoms with van der Waals surface area (Å²) in [6.07, 6.45) is 0.445. The molecule has 0 bridgehead atoms. The minimum absolute atomic E-state index is 0.0553. The molecule has 160 valence electrons. The third-order valence-electron chi connectivity index (χ3n) is 5.26. The van der Waals surface area contributed by atoms with Gasteiger partial charge in [-0.25, -0.2) is 13.8 Å². The maximum atomic E-state index is 13.6. The van der Waals surface area contributed by atoms with E-state index in [-0.39, 0.29) is 5.56 Å². The number of benzene rings is 2. The summed E-state index contributed by atoms with van der Waals surface area (Å²) < 4.78 is 28.6. The molecule has 2 aromatic heterocycles. The van der Waals surface area contributed by atoms with Gasteiger partial charge in [-0.15, -0.1) is 0 Å². The molecular formula is C23H23F2N5O. The average molecular weight is 423 g/mol. The van der Waals surface area contributed by atoms with Gasteiger partial charge in [0, 0.05) is 40.5 Å². The van der Waals surface area contributed by atoms with Gasteiger partial charge in [-0.2, -0.15) is 5.10 Å². The number of anilines is 1. The first-order chi connectivity index (χ1) is 14.7. The highest BCUT2D eigenvalue weighted by molar-refractivity contribution is 6.09. The third-order valence-corrected chi connectivity index (χ3v) is 5.26. The molecule has 0 fully saturated rings. The summed E-state index contributed by atoms with van der Waals surface area (Å²) in [5.41, 5.74) is 7.84. The number of pyridine rings is 1. The quantitative estimate of drug-likeness (QED) is 0.503. The van der Waals surface area contributed by atoms with Gasteiger partial charge in [0.25, 0.3) is 5.91 Å². The van der Waals surface area contributed by atoms with Crippen LogP contribution in [0.3, 0.4) is 0 Å². The molecule has 0 aliphatic carbocycles. The fourth-order valence-electron chi connectivity index (χ4n) is 3.85. The Hall–Kier alpha value is -3.55. The molecule has 0 spiro atoms. The summed E-state index contributed by atoms with van der Waals surface area (Å²) in [4.78, 5) is 17.1. The zero-order valence-electron chi connectivity index (χ0n) is 17.5. The highest BCUT2D eigenvalue weighted by Crippen LogP contribution is 2.32. The van der Waals surface area contributed by atoms with Crippen molar-refractivity contribution in [3.63, 3.8) is 0 Å². The second kappa shape index (κ2) is 7.61. The molecule has 2 heterocycles. The van der Waals surface area contributed by atoms with Gasteiger partial charge in [0.2, 0.25) is 0 Å². The van der Waals surface area contributed by atoms with Crippen LogP contribution in [0.2, 0.25) is 0 Å². The molecule has 0 aliphatic rings. The molecule has 6 nitrogen and oxygen atoms in total. The summed E-state index contributed by atoms with van der Waals surface area (Å²) in [6.45, 7) is 6.34. The molecule has 4 aromatic rings. The van der Waals surface area contributed by atoms with Crippen LogP contribution in [0.5, 0.6) is 0 Å². The number of hydrogen-bond donors (Lipinski definition) is 2. The lowest BCUT2D eigenvalue weighted by Crippen LogP contribution is -2.45. The number of fused-ring (bicyclic) bond motifs is 3. The highest BCUT2D eigenvalue weighted by Gasteiger charge is 2.27. The third kappa shape index (κ3) is 3.81. The maximum absolute atomic E-state index is 13.6. The standard InChI is InChI=1S/C23H23F2N5O/c1-4-30-18(19-14-7-5-6-8-17(14)27-21(26)20(19)29-30)12-23(2,3)28-22(31)13-9-10-15(24)16(25)11-13/h5-11H,4,12H2,1-3H3,(H2,26,27)(H,28,31). The first kappa shape index (κ1) is 20.7. The Morgan fingerprint density at radius 1 is 1.16 bits per heavy atom. The van der Waals surface area contributed by atoms with Crippen molar-refractivity contribution in [2.24, 2.45) is 0 Å². The van der Waals surface area contributed by atoms with E-state index in [0.29, 0.717) is 24.3 Å². The van der Waals surface area contributed by atoms with E-state index in [1.165, 1.54) is 6.07 Å². The molecule has 0 atom stereocenters. The number of rotatable bonds is 5. The summed E-state index contributed by atoms with van der Waals surface area (Å²) in [7, 11) is 0. The minimum Gasteiger partial charge on any atom is -0.382 e. The zero-order valence-corrected chi connectivity index (χ0v) is 17.5. The molecule has 31 heavy (non-hydrogen) atoms. The van der Waals surface area contributed by atoms with Gasteiger partial charge in [0.05, 0.1) is 5.52 Å². The summed E-state index contributed by atoms with van der Waals surface area (Å²) >= 11 is 0. The number of nitrogen functional groups attached to an aromatic ring is 1. The Balaban J connectivity index is 1.74. The van der Waals surface area contributed by atoms with Gasteiger partial charge in [0.15, 0.2) is 17.5 Å². The molecule has 8 heteroatoms. The van der Waals surface area contributed by atoms with E-state index in [1.807, 2.05) is 49.7 Å². The number of carbonyl (C=O) groups is 1. The van der Waals surface area contributed by atoms with Gasteiger partial charge in [-0.05, 0) is 45.0 Å². The fraction of sp³-hybridized carbons (Fsp3) is 0.261. The first-order valence-electron chi connectivity index (χ1n) is 10.0. The van der Waals surface area contributed by atoms with Crippen molar-refractivity contribution >= 4 is 33.5 Å². The van der Waals surface area contributed by atoms with E-state index >= 15 is 0 Å². The molecule has 4 rings (SSSR count). The molecular weight excluding hydrogens is 400 g/mol. The molecule has 3 N–H and O–H groups in total. The molecule has 0 unspecified atom stereocenters. The van der Waals surface area contributed by atoms with E-state index in [4.69, 9.17) is 5.73 Å². The van der Waals surface area contributed by atoms with Gasteiger partial charge in [0.1, 0.15) is 5.52 Å². The molecule has 2 aromatic carbocycles. The Labute approximate surface area is 178 Å². The number of nitrogens with two attached hydrogens (primary N) is 1. The molecule has 0 aliphatic heterocycles.